The molecule has 0 heterocycles. The van der Waals surface area contributed by atoms with Gasteiger partial charge in [0.25, 0.3) is 0 Å². The fraction of sp³-hybridized carbons (Fsp3) is 0. The topological polar surface area (TPSA) is 0 Å². The Labute approximate surface area is 90.3 Å². The van der Waals surface area contributed by atoms with E-state index in [9.17, 15) is 0 Å². The molecule has 0 unspecified atom stereocenters. The normalized spacial score (nSPS) is 13.0. The van der Waals surface area contributed by atoms with Gasteiger partial charge in [-0.3, -0.25) is 0 Å². The minimum atomic E-state index is 0. The monoisotopic (exact) mass is 199 g/mol. The molecule has 65 valence electrons. The second-order valence-corrected chi connectivity index (χ2v) is 1.54. The summed E-state index contributed by atoms with van der Waals surface area (Å²) in [5.74, 6) is 0. The first-order valence-electron chi connectivity index (χ1n) is 3.30. The molecule has 1 fully saturated rings. The first-order valence-corrected chi connectivity index (χ1v) is 3.30. The van der Waals surface area contributed by atoms with Gasteiger partial charge in [0, 0.05) is 17.4 Å². The van der Waals surface area contributed by atoms with E-state index in [2.05, 4.69) is 27.7 Å². The van der Waals surface area contributed by atoms with Crippen LogP contribution in [-0.2, 0) is 17.4 Å². The molecule has 1 aliphatic rings. The van der Waals surface area contributed by atoms with Crippen LogP contribution in [0.4, 0.5) is 0 Å². The van der Waals surface area contributed by atoms with E-state index in [1.54, 1.807) is 0 Å². The molecule has 0 aliphatic heterocycles. The number of rotatable bonds is 0. The van der Waals surface area contributed by atoms with E-state index in [-0.39, 0.29) is 17.4 Å². The minimum absolute atomic E-state index is 0. The van der Waals surface area contributed by atoms with Crippen molar-refractivity contribution in [1.82, 2.24) is 0 Å². The van der Waals surface area contributed by atoms with Crippen molar-refractivity contribution in [3.05, 3.63) is 72.6 Å². The molecule has 0 aromatic heterocycles. The van der Waals surface area contributed by atoms with Gasteiger partial charge in [-0.05, 0) is 72.6 Å². The molecule has 1 saturated carbocycles. The van der Waals surface area contributed by atoms with E-state index in [1.165, 1.54) is 12.8 Å². The zero-order valence-electron chi connectivity index (χ0n) is 7.28. The summed E-state index contributed by atoms with van der Waals surface area (Å²) in [7, 11) is 0. The predicted molar refractivity (Wildman–Crippen MR) is 51.5 cm³/mol. The quantitative estimate of drug-likeness (QED) is 0.562. The molecule has 0 N–H and O–H groups in total. The van der Waals surface area contributed by atoms with Crippen molar-refractivity contribution >= 4 is 0 Å². The van der Waals surface area contributed by atoms with Crippen LogP contribution in [0.25, 0.3) is 0 Å². The van der Waals surface area contributed by atoms with E-state index < -0.39 is 0 Å². The Morgan fingerprint density at radius 3 is 0.750 bits per heavy atom. The summed E-state index contributed by atoms with van der Waals surface area (Å²) >= 11 is 0. The van der Waals surface area contributed by atoms with Crippen LogP contribution in [0.2, 0.25) is 0 Å². The molecular weight excluding hydrogens is 184 g/mol. The zero-order valence-corrected chi connectivity index (χ0v) is 8.55. The first kappa shape index (κ1) is 18.3. The minimum Gasteiger partial charge on any atom is -0.0499 e. The Balaban J connectivity index is -0.000000104. The summed E-state index contributed by atoms with van der Waals surface area (Å²) in [6, 6.07) is 0. The smallest absolute Gasteiger partial charge is 0 e. The molecule has 0 amide bonds. The van der Waals surface area contributed by atoms with Gasteiger partial charge in [0.1, 0.15) is 0 Å². The molecule has 0 aromatic carbocycles. The molecule has 0 spiro atoms. The third-order valence-electron chi connectivity index (χ3n) is 0.556. The molecular formula is C11H15Cr. The molecule has 12 heavy (non-hydrogen) atoms. The molecule has 0 aromatic rings. The van der Waals surface area contributed by atoms with Crippen LogP contribution in [0.3, 0.4) is 0 Å². The van der Waals surface area contributed by atoms with Crippen LogP contribution < -0.4 is 0 Å². The Kier molecular flexibility index (Phi) is 34.5. The van der Waals surface area contributed by atoms with Gasteiger partial charge in [0.2, 0.25) is 0 Å². The van der Waals surface area contributed by atoms with Crippen molar-refractivity contribution in [2.45, 2.75) is 0 Å². The molecule has 1 aliphatic carbocycles. The van der Waals surface area contributed by atoms with Crippen LogP contribution in [0, 0.1) is 72.6 Å². The van der Waals surface area contributed by atoms with Crippen molar-refractivity contribution in [1.29, 1.82) is 0 Å². The van der Waals surface area contributed by atoms with Gasteiger partial charge in [-0.25, -0.2) is 0 Å². The Morgan fingerprint density at radius 1 is 0.583 bits per heavy atom. The largest absolute Gasteiger partial charge is 0.0499 e. The SMILES string of the molecule is [CH2][CH][CH2].[CH2][CH][CH2].[CH]1[CH][CH][CH][CH]1.[Cr]. The zero-order chi connectivity index (χ0) is 8.95. The van der Waals surface area contributed by atoms with Gasteiger partial charge < -0.3 is 0 Å². The molecule has 0 saturated heterocycles. The Morgan fingerprint density at radius 2 is 0.667 bits per heavy atom. The van der Waals surface area contributed by atoms with Crippen molar-refractivity contribution in [2.24, 2.45) is 0 Å². The van der Waals surface area contributed by atoms with Crippen LogP contribution >= 0.6 is 0 Å². The fourth-order valence-corrected chi connectivity index (χ4v) is 0.321. The van der Waals surface area contributed by atoms with Crippen molar-refractivity contribution in [3.8, 4) is 0 Å². The third-order valence-corrected chi connectivity index (χ3v) is 0.556. The van der Waals surface area contributed by atoms with Gasteiger partial charge in [-0.1, -0.05) is 0 Å². The van der Waals surface area contributed by atoms with E-state index in [4.69, 9.17) is 0 Å². The summed E-state index contributed by atoms with van der Waals surface area (Å²) in [4.78, 5) is 0. The van der Waals surface area contributed by atoms with Crippen LogP contribution in [0.5, 0.6) is 0 Å². The van der Waals surface area contributed by atoms with Crippen LogP contribution in [-0.4, -0.2) is 0 Å². The molecule has 11 radical (unpaired) electrons. The van der Waals surface area contributed by atoms with Crippen molar-refractivity contribution in [3.63, 3.8) is 0 Å². The summed E-state index contributed by atoms with van der Waals surface area (Å²) in [6.07, 6.45) is 13.0. The van der Waals surface area contributed by atoms with Gasteiger partial charge in [0.05, 0.1) is 0 Å². The maximum absolute atomic E-state index is 3.25. The maximum atomic E-state index is 3.25. The standard InChI is InChI=1S/C5H5.2C3H5.Cr/c1-2-4-5-3-1;2*1-3-2;/h1-5H;2*3H,1-2H2;. The fourth-order valence-electron chi connectivity index (χ4n) is 0.321. The first-order chi connectivity index (χ1) is 5.33. The average Bonchev–Trinajstić information content (AvgIpc) is 2.44. The third kappa shape index (κ3) is 31.3. The molecule has 0 bridgehead atoms. The molecule has 0 nitrogen and oxygen atoms in total. The van der Waals surface area contributed by atoms with Gasteiger partial charge in [0.15, 0.2) is 0 Å². The molecule has 1 heteroatoms. The summed E-state index contributed by atoms with van der Waals surface area (Å²) < 4.78 is 0. The van der Waals surface area contributed by atoms with Crippen molar-refractivity contribution in [2.75, 3.05) is 0 Å². The van der Waals surface area contributed by atoms with Gasteiger partial charge in [-0.15, -0.1) is 0 Å². The van der Waals surface area contributed by atoms with E-state index >= 15 is 0 Å². The Hall–Kier alpha value is 0.532. The molecule has 1 rings (SSSR count). The van der Waals surface area contributed by atoms with Gasteiger partial charge in [-0.2, -0.15) is 0 Å². The second-order valence-electron chi connectivity index (χ2n) is 1.54. The van der Waals surface area contributed by atoms with Gasteiger partial charge >= 0.3 is 0 Å². The second kappa shape index (κ2) is 22.5. The van der Waals surface area contributed by atoms with Crippen LogP contribution in [0.15, 0.2) is 0 Å². The molecule has 0 atom stereocenters. The van der Waals surface area contributed by atoms with E-state index in [0.717, 1.165) is 0 Å². The summed E-state index contributed by atoms with van der Waals surface area (Å²) in [5.41, 5.74) is 0. The van der Waals surface area contributed by atoms with Crippen molar-refractivity contribution < 1.29 is 17.4 Å². The van der Waals surface area contributed by atoms with E-state index in [0.29, 0.717) is 0 Å². The summed E-state index contributed by atoms with van der Waals surface area (Å²) in [6.45, 7) is 13.0. The number of hydrogen-bond acceptors (Lipinski definition) is 0. The maximum Gasteiger partial charge on any atom is 0 e. The Bertz CT molecular complexity index is 30.7. The number of hydrogen-bond donors (Lipinski definition) is 0. The van der Waals surface area contributed by atoms with E-state index in [1.807, 2.05) is 32.1 Å². The summed E-state index contributed by atoms with van der Waals surface area (Å²) in [5, 5.41) is 0. The average molecular weight is 199 g/mol. The predicted octanol–water partition coefficient (Wildman–Crippen LogP) is 2.74. The van der Waals surface area contributed by atoms with Crippen LogP contribution in [0.1, 0.15) is 0 Å².